The smallest absolute Gasteiger partial charge is 0.315 e. The highest BCUT2D eigenvalue weighted by Gasteiger charge is 2.26. The van der Waals surface area contributed by atoms with Crippen molar-refractivity contribution in [2.45, 2.75) is 18.6 Å². The molecular formula is C18H15F3N2O2. The Morgan fingerprint density at radius 2 is 1.60 bits per heavy atom. The van der Waals surface area contributed by atoms with E-state index < -0.39 is 31.2 Å². The molecular weight excluding hydrogens is 333 g/mol. The van der Waals surface area contributed by atoms with Crippen LogP contribution in [-0.4, -0.2) is 30.2 Å². The third-order valence-electron chi connectivity index (χ3n) is 3.66. The van der Waals surface area contributed by atoms with Gasteiger partial charge in [-0.05, 0) is 16.7 Å². The van der Waals surface area contributed by atoms with E-state index in [1.54, 1.807) is 41.7 Å². The summed E-state index contributed by atoms with van der Waals surface area (Å²) in [4.78, 5) is 14.3. The van der Waals surface area contributed by atoms with Crippen molar-refractivity contribution >= 4 is 11.6 Å². The summed E-state index contributed by atoms with van der Waals surface area (Å²) in [6, 6.07) is 11.8. The number of amides is 1. The number of alkyl halides is 3. The van der Waals surface area contributed by atoms with Crippen molar-refractivity contribution in [3.05, 3.63) is 65.5 Å². The molecule has 0 saturated carbocycles. The highest BCUT2D eigenvalue weighted by Crippen LogP contribution is 2.25. The number of nitrogens with zero attached hydrogens (tertiary/aromatic N) is 1. The second-order valence-electron chi connectivity index (χ2n) is 5.30. The van der Waals surface area contributed by atoms with Crippen LogP contribution in [0.2, 0.25) is 0 Å². The van der Waals surface area contributed by atoms with Gasteiger partial charge >= 0.3 is 6.43 Å². The monoisotopic (exact) mass is 348 g/mol. The van der Waals surface area contributed by atoms with Gasteiger partial charge in [0.25, 0.3) is 5.91 Å². The molecule has 0 aliphatic carbocycles. The van der Waals surface area contributed by atoms with E-state index in [1.807, 2.05) is 0 Å². The Labute approximate surface area is 142 Å². The Balaban J connectivity index is 2.14. The Bertz CT molecular complexity index is 755. The Morgan fingerprint density at radius 1 is 1.08 bits per heavy atom. The minimum atomic E-state index is -3.28. The van der Waals surface area contributed by atoms with Crippen LogP contribution in [0.3, 0.4) is 0 Å². The van der Waals surface area contributed by atoms with E-state index in [2.05, 4.69) is 4.85 Å². The molecule has 2 atom stereocenters. The molecule has 7 heteroatoms. The van der Waals surface area contributed by atoms with Crippen molar-refractivity contribution in [1.29, 1.82) is 0 Å². The highest BCUT2D eigenvalue weighted by molar-refractivity contribution is 5.79. The van der Waals surface area contributed by atoms with Crippen molar-refractivity contribution in [3.63, 3.8) is 0 Å². The zero-order chi connectivity index (χ0) is 18.4. The quantitative estimate of drug-likeness (QED) is 0.783. The Kier molecular flexibility index (Phi) is 6.14. The summed E-state index contributed by atoms with van der Waals surface area (Å²) < 4.78 is 37.5. The number of aliphatic hydroxyl groups is 1. The van der Waals surface area contributed by atoms with E-state index in [9.17, 15) is 23.1 Å². The van der Waals surface area contributed by atoms with E-state index in [0.717, 1.165) is 11.1 Å². The molecule has 2 N–H and O–H groups in total. The summed E-state index contributed by atoms with van der Waals surface area (Å²) in [6.45, 7) is 5.74. The molecule has 25 heavy (non-hydrogen) atoms. The lowest BCUT2D eigenvalue weighted by Crippen LogP contribution is -2.43. The van der Waals surface area contributed by atoms with Crippen LogP contribution >= 0.6 is 0 Å². The number of rotatable bonds is 6. The summed E-state index contributed by atoms with van der Waals surface area (Å²) >= 11 is 0. The number of hydrogen-bond donors (Lipinski definition) is 2. The van der Waals surface area contributed by atoms with Gasteiger partial charge in [-0.25, -0.2) is 9.24 Å². The molecule has 0 bridgehead atoms. The maximum atomic E-state index is 13.0. The predicted molar refractivity (Wildman–Crippen MR) is 87.0 cm³/mol. The van der Waals surface area contributed by atoms with E-state index in [-0.39, 0.29) is 0 Å². The Morgan fingerprint density at radius 3 is 2.04 bits per heavy atom. The standard InChI is InChI=1S/C18H15F3N2O2/c1-22-14-8-6-12(7-9-14)11-2-4-13(5-3-11)16(24)15(10-19)23-18(25)17(20)21/h2-9,15-17,24H,10H2,(H,23,25)/t15-,16-/m1/s1. The van der Waals surface area contributed by atoms with E-state index in [1.165, 1.54) is 12.1 Å². The van der Waals surface area contributed by atoms with E-state index in [0.29, 0.717) is 11.3 Å². The van der Waals surface area contributed by atoms with Crippen LogP contribution in [0.25, 0.3) is 16.0 Å². The molecule has 4 nitrogen and oxygen atoms in total. The topological polar surface area (TPSA) is 53.7 Å². The molecule has 0 aliphatic heterocycles. The number of carbonyl (C=O) groups excluding carboxylic acids is 1. The van der Waals surface area contributed by atoms with Gasteiger partial charge in [0.05, 0.1) is 12.6 Å². The van der Waals surface area contributed by atoms with Gasteiger partial charge < -0.3 is 10.4 Å². The van der Waals surface area contributed by atoms with E-state index >= 15 is 0 Å². The zero-order valence-electron chi connectivity index (χ0n) is 13.0. The first-order valence-electron chi connectivity index (χ1n) is 7.36. The van der Waals surface area contributed by atoms with Crippen LogP contribution in [0.1, 0.15) is 11.7 Å². The van der Waals surface area contributed by atoms with Gasteiger partial charge in [0.1, 0.15) is 12.8 Å². The molecule has 2 aromatic rings. The maximum absolute atomic E-state index is 13.0. The first-order valence-corrected chi connectivity index (χ1v) is 7.36. The lowest BCUT2D eigenvalue weighted by Gasteiger charge is -2.22. The van der Waals surface area contributed by atoms with Crippen molar-refractivity contribution in [2.24, 2.45) is 0 Å². The minimum absolute atomic E-state index is 0.291. The van der Waals surface area contributed by atoms with Crippen molar-refractivity contribution in [3.8, 4) is 11.1 Å². The highest BCUT2D eigenvalue weighted by atomic mass is 19.3. The lowest BCUT2D eigenvalue weighted by molar-refractivity contribution is -0.133. The third kappa shape index (κ3) is 4.58. The van der Waals surface area contributed by atoms with Crippen LogP contribution < -0.4 is 5.32 Å². The number of hydrogen-bond acceptors (Lipinski definition) is 2. The van der Waals surface area contributed by atoms with Gasteiger partial charge in [0.15, 0.2) is 5.69 Å². The number of aliphatic hydroxyl groups excluding tert-OH is 1. The fourth-order valence-electron chi connectivity index (χ4n) is 2.28. The van der Waals surface area contributed by atoms with Gasteiger partial charge in [-0.1, -0.05) is 48.5 Å². The second kappa shape index (κ2) is 8.31. The first kappa shape index (κ1) is 18.5. The van der Waals surface area contributed by atoms with Crippen molar-refractivity contribution < 1.29 is 23.1 Å². The predicted octanol–water partition coefficient (Wildman–Crippen LogP) is 3.66. The average molecular weight is 348 g/mol. The van der Waals surface area contributed by atoms with E-state index in [4.69, 9.17) is 6.57 Å². The molecule has 0 heterocycles. The molecule has 0 fully saturated rings. The van der Waals surface area contributed by atoms with Gasteiger partial charge in [0.2, 0.25) is 0 Å². The normalized spacial score (nSPS) is 13.1. The number of halogens is 3. The van der Waals surface area contributed by atoms with Crippen molar-refractivity contribution in [2.75, 3.05) is 6.67 Å². The van der Waals surface area contributed by atoms with Gasteiger partial charge in [-0.15, -0.1) is 0 Å². The van der Waals surface area contributed by atoms with Gasteiger partial charge in [-0.3, -0.25) is 4.79 Å². The molecule has 130 valence electrons. The Hall–Kier alpha value is -2.85. The van der Waals surface area contributed by atoms with Gasteiger partial charge in [-0.2, -0.15) is 8.78 Å². The third-order valence-corrected chi connectivity index (χ3v) is 3.66. The van der Waals surface area contributed by atoms with Crippen molar-refractivity contribution in [1.82, 2.24) is 5.32 Å². The second-order valence-corrected chi connectivity index (χ2v) is 5.30. The molecule has 0 spiro atoms. The number of carbonyl (C=O) groups is 1. The SMILES string of the molecule is [C-]#[N+]c1ccc(-c2ccc([C@@H](O)[C@@H](CF)NC(=O)C(F)F)cc2)cc1. The summed E-state index contributed by atoms with van der Waals surface area (Å²) in [5, 5.41) is 11.9. The summed E-state index contributed by atoms with van der Waals surface area (Å²) in [5.41, 5.74) is 2.46. The zero-order valence-corrected chi connectivity index (χ0v) is 13.0. The molecule has 0 saturated heterocycles. The molecule has 2 aromatic carbocycles. The molecule has 0 radical (unpaired) electrons. The molecule has 0 aliphatic rings. The fraction of sp³-hybridized carbons (Fsp3) is 0.222. The number of benzene rings is 2. The average Bonchev–Trinajstić information content (AvgIpc) is 2.65. The summed E-state index contributed by atoms with van der Waals surface area (Å²) in [6.07, 6.45) is -4.73. The maximum Gasteiger partial charge on any atom is 0.315 e. The molecule has 0 aromatic heterocycles. The summed E-state index contributed by atoms with van der Waals surface area (Å²) in [5.74, 6) is -1.63. The number of nitrogens with one attached hydrogen (secondary N) is 1. The lowest BCUT2D eigenvalue weighted by atomic mass is 9.98. The van der Waals surface area contributed by atoms with Crippen LogP contribution in [0, 0.1) is 6.57 Å². The van der Waals surface area contributed by atoms with Crippen LogP contribution in [0.5, 0.6) is 0 Å². The van der Waals surface area contributed by atoms with Crippen LogP contribution in [0.15, 0.2) is 48.5 Å². The first-order chi connectivity index (χ1) is 12.0. The molecule has 1 amide bonds. The molecule has 0 unspecified atom stereocenters. The van der Waals surface area contributed by atoms with Crippen LogP contribution in [0.4, 0.5) is 18.9 Å². The molecule has 2 rings (SSSR count). The minimum Gasteiger partial charge on any atom is -0.386 e. The largest absolute Gasteiger partial charge is 0.386 e. The van der Waals surface area contributed by atoms with Gasteiger partial charge in [0, 0.05) is 0 Å². The fourth-order valence-corrected chi connectivity index (χ4v) is 2.28. The van der Waals surface area contributed by atoms with Crippen LogP contribution in [-0.2, 0) is 4.79 Å². The summed E-state index contributed by atoms with van der Waals surface area (Å²) in [7, 11) is 0.